The van der Waals surface area contributed by atoms with E-state index in [1.54, 1.807) is 31.2 Å². The van der Waals surface area contributed by atoms with Gasteiger partial charge in [-0.15, -0.1) is 0 Å². The fourth-order valence-electron chi connectivity index (χ4n) is 3.38. The maximum atomic E-state index is 12.6. The van der Waals surface area contributed by atoms with Crippen molar-refractivity contribution in [2.75, 3.05) is 12.4 Å². The van der Waals surface area contributed by atoms with E-state index in [2.05, 4.69) is 0 Å². The Bertz CT molecular complexity index is 1120. The molecule has 0 atom stereocenters. The topological polar surface area (TPSA) is 65.4 Å². The van der Waals surface area contributed by atoms with Gasteiger partial charge in [0.25, 0.3) is 0 Å². The van der Waals surface area contributed by atoms with Gasteiger partial charge in [-0.2, -0.15) is 0 Å². The van der Waals surface area contributed by atoms with Crippen molar-refractivity contribution >= 4 is 15.8 Å². The van der Waals surface area contributed by atoms with Gasteiger partial charge in [-0.3, -0.25) is 0 Å². The molecule has 0 aliphatic rings. The van der Waals surface area contributed by atoms with Crippen molar-refractivity contribution in [3.8, 4) is 16.9 Å². The Balaban J connectivity index is 2.22. The molecule has 29 heavy (non-hydrogen) atoms. The Morgan fingerprint density at radius 1 is 1.00 bits per heavy atom. The Morgan fingerprint density at radius 2 is 1.72 bits per heavy atom. The highest BCUT2D eigenvalue weighted by molar-refractivity contribution is 7.91. The molecule has 0 saturated carbocycles. The lowest BCUT2D eigenvalue weighted by atomic mass is 10.1. The van der Waals surface area contributed by atoms with Crippen LogP contribution in [0.1, 0.15) is 36.3 Å². The smallest absolute Gasteiger partial charge is 0.339 e. The van der Waals surface area contributed by atoms with Crippen LogP contribution in [0.2, 0.25) is 0 Å². The van der Waals surface area contributed by atoms with Crippen molar-refractivity contribution in [3.05, 3.63) is 71.9 Å². The Morgan fingerprint density at radius 3 is 2.38 bits per heavy atom. The van der Waals surface area contributed by atoms with Gasteiger partial charge in [0.2, 0.25) is 0 Å². The van der Waals surface area contributed by atoms with Gasteiger partial charge in [0, 0.05) is 11.4 Å². The molecule has 2 aromatic carbocycles. The summed E-state index contributed by atoms with van der Waals surface area (Å²) in [5, 5.41) is 0. The van der Waals surface area contributed by atoms with E-state index in [1.807, 2.05) is 54.8 Å². The molecule has 5 nitrogen and oxygen atoms in total. The maximum Gasteiger partial charge on any atom is 0.339 e. The van der Waals surface area contributed by atoms with E-state index in [9.17, 15) is 13.2 Å². The second-order valence-electron chi connectivity index (χ2n) is 6.77. The van der Waals surface area contributed by atoms with Crippen LogP contribution in [0, 0.1) is 6.92 Å². The van der Waals surface area contributed by atoms with Crippen LogP contribution in [0.4, 0.5) is 0 Å². The largest absolute Gasteiger partial charge is 0.462 e. The van der Waals surface area contributed by atoms with Gasteiger partial charge in [0.15, 0.2) is 9.84 Å². The SMILES string of the molecule is CCCS(=O)(=O)c1cccc(-n2c(-c3ccccc3)cc(C(=O)OCC)c2C)c1. The van der Waals surface area contributed by atoms with E-state index in [0.717, 1.165) is 11.3 Å². The van der Waals surface area contributed by atoms with Gasteiger partial charge < -0.3 is 9.30 Å². The van der Waals surface area contributed by atoms with Gasteiger partial charge in [-0.25, -0.2) is 13.2 Å². The number of carbonyl (C=O) groups is 1. The molecule has 152 valence electrons. The van der Waals surface area contributed by atoms with E-state index in [4.69, 9.17) is 4.74 Å². The first-order valence-electron chi connectivity index (χ1n) is 9.67. The molecule has 0 N–H and O–H groups in total. The molecule has 1 aromatic heterocycles. The number of esters is 1. The molecule has 0 aliphatic carbocycles. The predicted octanol–water partition coefficient (Wildman–Crippen LogP) is 4.81. The van der Waals surface area contributed by atoms with Crippen LogP contribution in [0.3, 0.4) is 0 Å². The van der Waals surface area contributed by atoms with Crippen molar-refractivity contribution in [1.29, 1.82) is 0 Å². The molecule has 0 unspecified atom stereocenters. The van der Waals surface area contributed by atoms with Crippen LogP contribution < -0.4 is 0 Å². The van der Waals surface area contributed by atoms with Crippen molar-refractivity contribution < 1.29 is 17.9 Å². The zero-order valence-corrected chi connectivity index (χ0v) is 17.7. The molecule has 0 spiro atoms. The summed E-state index contributed by atoms with van der Waals surface area (Å²) in [5.41, 5.74) is 3.58. The molecule has 6 heteroatoms. The summed E-state index contributed by atoms with van der Waals surface area (Å²) in [6.45, 7) is 5.74. The fourth-order valence-corrected chi connectivity index (χ4v) is 4.74. The molecule has 0 radical (unpaired) electrons. The first kappa shape index (κ1) is 20.9. The third kappa shape index (κ3) is 4.27. The monoisotopic (exact) mass is 411 g/mol. The van der Waals surface area contributed by atoms with E-state index in [-0.39, 0.29) is 17.3 Å². The van der Waals surface area contributed by atoms with Crippen LogP contribution in [-0.4, -0.2) is 31.3 Å². The van der Waals surface area contributed by atoms with Crippen LogP contribution in [-0.2, 0) is 14.6 Å². The summed E-state index contributed by atoms with van der Waals surface area (Å²) in [7, 11) is -3.35. The number of hydrogen-bond donors (Lipinski definition) is 0. The number of nitrogens with zero attached hydrogens (tertiary/aromatic N) is 1. The maximum absolute atomic E-state index is 12.6. The summed E-state index contributed by atoms with van der Waals surface area (Å²) in [6.07, 6.45) is 0.553. The minimum atomic E-state index is -3.35. The molecule has 1 heterocycles. The van der Waals surface area contributed by atoms with Gasteiger partial charge in [0.1, 0.15) is 0 Å². The zero-order valence-electron chi connectivity index (χ0n) is 16.9. The first-order chi connectivity index (χ1) is 13.9. The van der Waals surface area contributed by atoms with Crippen molar-refractivity contribution in [2.24, 2.45) is 0 Å². The van der Waals surface area contributed by atoms with Gasteiger partial charge in [-0.1, -0.05) is 43.3 Å². The lowest BCUT2D eigenvalue weighted by Crippen LogP contribution is -2.09. The Labute approximate surface area is 171 Å². The lowest BCUT2D eigenvalue weighted by molar-refractivity contribution is 0.0525. The summed E-state index contributed by atoms with van der Waals surface area (Å²) in [4.78, 5) is 12.8. The third-order valence-electron chi connectivity index (χ3n) is 4.72. The van der Waals surface area contributed by atoms with Crippen molar-refractivity contribution in [2.45, 2.75) is 32.1 Å². The number of carbonyl (C=O) groups excluding carboxylic acids is 1. The molecular weight excluding hydrogens is 386 g/mol. The number of aromatic nitrogens is 1. The fraction of sp³-hybridized carbons (Fsp3) is 0.261. The lowest BCUT2D eigenvalue weighted by Gasteiger charge is -2.14. The average Bonchev–Trinajstić information content (AvgIpc) is 3.06. The summed E-state index contributed by atoms with van der Waals surface area (Å²) in [6, 6.07) is 18.3. The number of rotatable bonds is 7. The number of sulfone groups is 1. The number of benzene rings is 2. The Kier molecular flexibility index (Phi) is 6.23. The first-order valence-corrected chi connectivity index (χ1v) is 11.3. The number of ether oxygens (including phenoxy) is 1. The predicted molar refractivity (Wildman–Crippen MR) is 114 cm³/mol. The van der Waals surface area contributed by atoms with Crippen molar-refractivity contribution in [1.82, 2.24) is 4.57 Å². The molecule has 0 fully saturated rings. The molecule has 0 aliphatic heterocycles. The van der Waals surface area contributed by atoms with Crippen molar-refractivity contribution in [3.63, 3.8) is 0 Å². The molecule has 0 saturated heterocycles. The molecular formula is C23H25NO4S. The summed E-state index contributed by atoms with van der Waals surface area (Å²) >= 11 is 0. The van der Waals surface area contributed by atoms with Crippen LogP contribution in [0.25, 0.3) is 16.9 Å². The second kappa shape index (κ2) is 8.66. The highest BCUT2D eigenvalue weighted by Gasteiger charge is 2.21. The van der Waals surface area contributed by atoms with Gasteiger partial charge >= 0.3 is 5.97 Å². The zero-order chi connectivity index (χ0) is 21.0. The minimum Gasteiger partial charge on any atom is -0.462 e. The standard InChI is InChI=1S/C23H25NO4S/c1-4-14-29(26,27)20-13-9-12-19(15-20)24-17(3)21(23(25)28-5-2)16-22(24)18-10-7-6-8-11-18/h6-13,15-16H,4-5,14H2,1-3H3. The Hall–Kier alpha value is -2.86. The van der Waals surface area contributed by atoms with Crippen LogP contribution in [0.15, 0.2) is 65.6 Å². The highest BCUT2D eigenvalue weighted by atomic mass is 32.2. The molecule has 0 bridgehead atoms. The van der Waals surface area contributed by atoms with E-state index < -0.39 is 15.8 Å². The molecule has 3 rings (SSSR count). The molecule has 3 aromatic rings. The summed E-state index contributed by atoms with van der Waals surface area (Å²) < 4.78 is 32.3. The summed E-state index contributed by atoms with van der Waals surface area (Å²) in [5.74, 6) is -0.295. The van der Waals surface area contributed by atoms with Gasteiger partial charge in [0.05, 0.1) is 28.5 Å². The minimum absolute atomic E-state index is 0.0979. The van der Waals surface area contributed by atoms with E-state index in [0.29, 0.717) is 23.4 Å². The number of hydrogen-bond acceptors (Lipinski definition) is 4. The quantitative estimate of drug-likeness (QED) is 0.523. The van der Waals surface area contributed by atoms with Crippen LogP contribution in [0.5, 0.6) is 0 Å². The van der Waals surface area contributed by atoms with Crippen LogP contribution >= 0.6 is 0 Å². The van der Waals surface area contributed by atoms with Gasteiger partial charge in [-0.05, 0) is 50.1 Å². The van der Waals surface area contributed by atoms with E-state index >= 15 is 0 Å². The highest BCUT2D eigenvalue weighted by Crippen LogP contribution is 2.31. The molecule has 0 amide bonds. The average molecular weight is 412 g/mol. The second-order valence-corrected chi connectivity index (χ2v) is 8.88. The van der Waals surface area contributed by atoms with E-state index in [1.165, 1.54) is 0 Å². The normalized spacial score (nSPS) is 11.4. The third-order valence-corrected chi connectivity index (χ3v) is 6.64.